The number of aromatic amines is 1. The zero-order valence-corrected chi connectivity index (χ0v) is 27.7. The maximum atomic E-state index is 13.4. The minimum absolute atomic E-state index is 0.0820. The lowest BCUT2D eigenvalue weighted by atomic mass is 9.88. The molecule has 2 aromatic carbocycles. The molecule has 0 spiro atoms. The molecule has 1 amide bonds. The van der Waals surface area contributed by atoms with Crippen molar-refractivity contribution in [1.29, 1.82) is 0 Å². The SMILES string of the molecule is CCN(c1cc(Cl)cc(C(=O)NCc2c(C)[nH]c(C)cc2=O)c1C)[C@H]1CC[C@H](N(C)Cc2cccc(OCCOC)c2)CC1. The minimum Gasteiger partial charge on any atom is -0.491 e. The van der Waals surface area contributed by atoms with Gasteiger partial charge in [0, 0.05) is 78.1 Å². The number of aryl methyl sites for hydroxylation is 2. The largest absolute Gasteiger partial charge is 0.491 e. The maximum absolute atomic E-state index is 13.4. The fourth-order valence-electron chi connectivity index (χ4n) is 6.39. The first-order valence-corrected chi connectivity index (χ1v) is 15.9. The number of benzene rings is 2. The highest BCUT2D eigenvalue weighted by Gasteiger charge is 2.29. The highest BCUT2D eigenvalue weighted by Crippen LogP contribution is 2.34. The second-order valence-electron chi connectivity index (χ2n) is 11.9. The van der Waals surface area contributed by atoms with Crippen LogP contribution < -0.4 is 20.4 Å². The molecule has 1 aliphatic rings. The average molecular weight is 623 g/mol. The molecule has 0 saturated heterocycles. The number of halogens is 1. The van der Waals surface area contributed by atoms with E-state index in [-0.39, 0.29) is 17.9 Å². The number of carbonyl (C=O) groups is 1. The van der Waals surface area contributed by atoms with Gasteiger partial charge in [-0.15, -0.1) is 0 Å². The molecule has 1 fully saturated rings. The van der Waals surface area contributed by atoms with Crippen molar-refractivity contribution in [2.45, 2.75) is 78.6 Å². The first kappa shape index (κ1) is 33.6. The number of rotatable bonds is 13. The number of amides is 1. The molecule has 4 rings (SSSR count). The Hall–Kier alpha value is -3.33. The van der Waals surface area contributed by atoms with Gasteiger partial charge in [-0.1, -0.05) is 23.7 Å². The third-order valence-electron chi connectivity index (χ3n) is 8.76. The van der Waals surface area contributed by atoms with E-state index in [0.29, 0.717) is 41.4 Å². The zero-order chi connectivity index (χ0) is 31.8. The van der Waals surface area contributed by atoms with Crippen LogP contribution in [-0.2, 0) is 17.8 Å². The van der Waals surface area contributed by atoms with Crippen molar-refractivity contribution in [3.8, 4) is 5.75 Å². The van der Waals surface area contributed by atoms with Gasteiger partial charge < -0.3 is 24.7 Å². The van der Waals surface area contributed by atoms with E-state index in [1.54, 1.807) is 19.2 Å². The number of anilines is 1. The van der Waals surface area contributed by atoms with Gasteiger partial charge in [0.25, 0.3) is 5.91 Å². The summed E-state index contributed by atoms with van der Waals surface area (Å²) in [7, 11) is 3.88. The topological polar surface area (TPSA) is 86.9 Å². The zero-order valence-electron chi connectivity index (χ0n) is 27.0. The molecule has 238 valence electrons. The van der Waals surface area contributed by atoms with E-state index in [4.69, 9.17) is 21.1 Å². The van der Waals surface area contributed by atoms with Crippen molar-refractivity contribution in [2.75, 3.05) is 38.8 Å². The van der Waals surface area contributed by atoms with Gasteiger partial charge in [0.15, 0.2) is 5.43 Å². The summed E-state index contributed by atoms with van der Waals surface area (Å²) in [5, 5.41) is 3.48. The summed E-state index contributed by atoms with van der Waals surface area (Å²) in [5.74, 6) is 0.638. The summed E-state index contributed by atoms with van der Waals surface area (Å²) in [5.41, 5.74) is 5.71. The van der Waals surface area contributed by atoms with Crippen LogP contribution in [-0.4, -0.2) is 61.8 Å². The molecule has 44 heavy (non-hydrogen) atoms. The van der Waals surface area contributed by atoms with E-state index in [0.717, 1.165) is 67.2 Å². The lowest BCUT2D eigenvalue weighted by Gasteiger charge is -2.41. The summed E-state index contributed by atoms with van der Waals surface area (Å²) in [6, 6.07) is 14.4. The van der Waals surface area contributed by atoms with Crippen molar-refractivity contribution in [3.05, 3.63) is 91.4 Å². The van der Waals surface area contributed by atoms with E-state index in [2.05, 4.69) is 46.2 Å². The minimum atomic E-state index is -0.236. The van der Waals surface area contributed by atoms with E-state index in [9.17, 15) is 9.59 Å². The Bertz CT molecular complexity index is 1480. The Kier molecular flexibility index (Phi) is 11.9. The second-order valence-corrected chi connectivity index (χ2v) is 12.3. The molecule has 0 radical (unpaired) electrons. The second kappa shape index (κ2) is 15.6. The third kappa shape index (κ3) is 8.43. The first-order valence-electron chi connectivity index (χ1n) is 15.6. The summed E-state index contributed by atoms with van der Waals surface area (Å²) in [4.78, 5) is 33.9. The Labute approximate surface area is 266 Å². The van der Waals surface area contributed by atoms with Crippen LogP contribution in [0.2, 0.25) is 5.02 Å². The maximum Gasteiger partial charge on any atom is 0.251 e. The van der Waals surface area contributed by atoms with Crippen LogP contribution in [0.1, 0.15) is 71.0 Å². The normalized spacial score (nSPS) is 16.6. The van der Waals surface area contributed by atoms with Gasteiger partial charge in [-0.3, -0.25) is 14.5 Å². The average Bonchev–Trinajstić information content (AvgIpc) is 2.99. The Morgan fingerprint density at radius 1 is 1.05 bits per heavy atom. The molecule has 8 nitrogen and oxygen atoms in total. The quantitative estimate of drug-likeness (QED) is 0.222. The first-order chi connectivity index (χ1) is 21.1. The van der Waals surface area contributed by atoms with E-state index in [1.165, 1.54) is 5.56 Å². The van der Waals surface area contributed by atoms with Crippen LogP contribution in [0.4, 0.5) is 5.69 Å². The highest BCUT2D eigenvalue weighted by atomic mass is 35.5. The van der Waals surface area contributed by atoms with Crippen LogP contribution in [0.3, 0.4) is 0 Å². The number of hydrogen-bond donors (Lipinski definition) is 2. The van der Waals surface area contributed by atoms with Crippen molar-refractivity contribution in [3.63, 3.8) is 0 Å². The number of nitrogens with zero attached hydrogens (tertiary/aromatic N) is 2. The number of ether oxygens (including phenoxy) is 2. The van der Waals surface area contributed by atoms with Crippen LogP contribution >= 0.6 is 11.6 Å². The number of H-pyrrole nitrogens is 1. The molecule has 0 aliphatic heterocycles. The van der Waals surface area contributed by atoms with Gasteiger partial charge in [0.1, 0.15) is 12.4 Å². The summed E-state index contributed by atoms with van der Waals surface area (Å²) in [6.45, 7) is 10.8. The highest BCUT2D eigenvalue weighted by molar-refractivity contribution is 6.31. The van der Waals surface area contributed by atoms with Gasteiger partial charge in [0.05, 0.1) is 6.61 Å². The molecule has 0 atom stereocenters. The lowest BCUT2D eigenvalue weighted by molar-refractivity contribution is 0.0950. The number of carbonyl (C=O) groups excluding carboxylic acids is 1. The van der Waals surface area contributed by atoms with Gasteiger partial charge >= 0.3 is 0 Å². The molecule has 2 N–H and O–H groups in total. The molecule has 1 aromatic heterocycles. The van der Waals surface area contributed by atoms with Gasteiger partial charge in [-0.05, 0) is 95.8 Å². The molecule has 9 heteroatoms. The smallest absolute Gasteiger partial charge is 0.251 e. The Morgan fingerprint density at radius 3 is 2.45 bits per heavy atom. The van der Waals surface area contributed by atoms with Crippen LogP contribution in [0.5, 0.6) is 5.75 Å². The van der Waals surface area contributed by atoms with E-state index >= 15 is 0 Å². The van der Waals surface area contributed by atoms with Crippen molar-refractivity contribution in [2.24, 2.45) is 0 Å². The molecule has 3 aromatic rings. The van der Waals surface area contributed by atoms with Crippen LogP contribution in [0.15, 0.2) is 47.3 Å². The molecule has 0 bridgehead atoms. The Balaban J connectivity index is 1.40. The van der Waals surface area contributed by atoms with Gasteiger partial charge in [0.2, 0.25) is 0 Å². The molecule has 0 unspecified atom stereocenters. The predicted octanol–water partition coefficient (Wildman–Crippen LogP) is 6.18. The summed E-state index contributed by atoms with van der Waals surface area (Å²) >= 11 is 6.60. The number of methoxy groups -OCH3 is 1. The molecule has 1 saturated carbocycles. The fourth-order valence-corrected chi connectivity index (χ4v) is 6.60. The molecule has 1 heterocycles. The number of aromatic nitrogens is 1. The number of pyridine rings is 1. The van der Waals surface area contributed by atoms with Gasteiger partial charge in [-0.25, -0.2) is 0 Å². The van der Waals surface area contributed by atoms with Crippen molar-refractivity contribution < 1.29 is 14.3 Å². The lowest BCUT2D eigenvalue weighted by Crippen LogP contribution is -2.43. The van der Waals surface area contributed by atoms with E-state index < -0.39 is 0 Å². The third-order valence-corrected chi connectivity index (χ3v) is 8.98. The molecule has 1 aliphatic carbocycles. The summed E-state index contributed by atoms with van der Waals surface area (Å²) in [6.07, 6.45) is 4.32. The van der Waals surface area contributed by atoms with E-state index in [1.807, 2.05) is 39.0 Å². The molecular weight excluding hydrogens is 576 g/mol. The standard InChI is InChI=1S/C35H47ClN4O4/c1-7-40(29-13-11-28(12-14-29)39(5)22-26-9-8-10-30(18-26)44-16-15-43-6)33-20-27(36)19-31(24(33)3)35(42)37-21-32-25(4)38-23(2)17-34(32)41/h8-10,17-20,28-29H,7,11-16,21-22H2,1-6H3,(H,37,42)(H,38,41)/t28-,29-. The van der Waals surface area contributed by atoms with Crippen LogP contribution in [0, 0.1) is 20.8 Å². The summed E-state index contributed by atoms with van der Waals surface area (Å²) < 4.78 is 10.9. The van der Waals surface area contributed by atoms with Crippen molar-refractivity contribution >= 4 is 23.2 Å². The number of hydrogen-bond acceptors (Lipinski definition) is 6. The Morgan fingerprint density at radius 2 is 1.77 bits per heavy atom. The van der Waals surface area contributed by atoms with Crippen LogP contribution in [0.25, 0.3) is 0 Å². The predicted molar refractivity (Wildman–Crippen MR) is 178 cm³/mol. The number of nitrogens with one attached hydrogen (secondary N) is 2. The fraction of sp³-hybridized carbons (Fsp3) is 0.486. The van der Waals surface area contributed by atoms with Gasteiger partial charge in [-0.2, -0.15) is 0 Å². The van der Waals surface area contributed by atoms with Crippen molar-refractivity contribution in [1.82, 2.24) is 15.2 Å². The molecular formula is C35H47ClN4O4. The monoisotopic (exact) mass is 622 g/mol.